The molecule has 1 unspecified atom stereocenters. The summed E-state index contributed by atoms with van der Waals surface area (Å²) >= 11 is 0. The second kappa shape index (κ2) is 4.58. The van der Waals surface area contributed by atoms with Crippen LogP contribution in [-0.2, 0) is 6.42 Å². The van der Waals surface area contributed by atoms with E-state index in [0.29, 0.717) is 11.8 Å². The SMILES string of the molecule is CCc1nnc(C)cc1-c1nnc(C(C)N)o1. The summed E-state index contributed by atoms with van der Waals surface area (Å²) in [6.07, 6.45) is 0.762. The summed E-state index contributed by atoms with van der Waals surface area (Å²) < 4.78 is 5.51. The monoisotopic (exact) mass is 233 g/mol. The van der Waals surface area contributed by atoms with Gasteiger partial charge in [0.05, 0.1) is 23.0 Å². The molecule has 0 saturated carbocycles. The molecule has 0 aliphatic heterocycles. The van der Waals surface area contributed by atoms with Gasteiger partial charge in [0, 0.05) is 0 Å². The maximum Gasteiger partial charge on any atom is 0.249 e. The van der Waals surface area contributed by atoms with E-state index in [4.69, 9.17) is 10.2 Å². The normalized spacial score (nSPS) is 12.7. The Balaban J connectivity index is 2.47. The lowest BCUT2D eigenvalue weighted by molar-refractivity contribution is 0.472. The van der Waals surface area contributed by atoms with Gasteiger partial charge in [0.15, 0.2) is 0 Å². The largest absolute Gasteiger partial charge is 0.419 e. The maximum absolute atomic E-state index is 5.68. The number of hydrogen-bond donors (Lipinski definition) is 1. The highest BCUT2D eigenvalue weighted by Crippen LogP contribution is 2.23. The zero-order valence-corrected chi connectivity index (χ0v) is 10.1. The predicted molar refractivity (Wildman–Crippen MR) is 62.0 cm³/mol. The molecule has 2 N–H and O–H groups in total. The number of rotatable bonds is 3. The van der Waals surface area contributed by atoms with Crippen molar-refractivity contribution >= 4 is 0 Å². The summed E-state index contributed by atoms with van der Waals surface area (Å²) in [7, 11) is 0. The third kappa shape index (κ3) is 2.31. The summed E-state index contributed by atoms with van der Waals surface area (Å²) in [4.78, 5) is 0. The first-order valence-electron chi connectivity index (χ1n) is 5.54. The summed E-state index contributed by atoms with van der Waals surface area (Å²) in [5.41, 5.74) is 8.17. The minimum absolute atomic E-state index is 0.266. The van der Waals surface area contributed by atoms with E-state index in [2.05, 4.69) is 20.4 Å². The van der Waals surface area contributed by atoms with Crippen LogP contribution in [-0.4, -0.2) is 20.4 Å². The molecule has 6 nitrogen and oxygen atoms in total. The fraction of sp³-hybridized carbons (Fsp3) is 0.455. The van der Waals surface area contributed by atoms with E-state index >= 15 is 0 Å². The first-order chi connectivity index (χ1) is 8.11. The topological polar surface area (TPSA) is 90.7 Å². The summed E-state index contributed by atoms with van der Waals surface area (Å²) in [6, 6.07) is 1.63. The predicted octanol–water partition coefficient (Wildman–Crippen LogP) is 1.42. The maximum atomic E-state index is 5.68. The molecule has 0 spiro atoms. The second-order valence-corrected chi connectivity index (χ2v) is 3.93. The van der Waals surface area contributed by atoms with Crippen molar-refractivity contribution in [2.45, 2.75) is 33.2 Å². The summed E-state index contributed by atoms with van der Waals surface area (Å²) in [6.45, 7) is 5.68. The van der Waals surface area contributed by atoms with Crippen LogP contribution in [0.25, 0.3) is 11.5 Å². The van der Waals surface area contributed by atoms with Crippen molar-refractivity contribution < 1.29 is 4.42 Å². The average molecular weight is 233 g/mol. The van der Waals surface area contributed by atoms with Gasteiger partial charge in [-0.25, -0.2) is 0 Å². The lowest BCUT2D eigenvalue weighted by Crippen LogP contribution is -2.04. The molecule has 0 saturated heterocycles. The van der Waals surface area contributed by atoms with Crippen LogP contribution in [0.5, 0.6) is 0 Å². The lowest BCUT2D eigenvalue weighted by Gasteiger charge is -2.02. The Morgan fingerprint density at radius 2 is 2.06 bits per heavy atom. The van der Waals surface area contributed by atoms with E-state index in [1.165, 1.54) is 0 Å². The molecule has 0 radical (unpaired) electrons. The highest BCUT2D eigenvalue weighted by molar-refractivity contribution is 5.56. The molecule has 0 bridgehead atoms. The van der Waals surface area contributed by atoms with Gasteiger partial charge in [-0.3, -0.25) is 0 Å². The molecule has 0 amide bonds. The summed E-state index contributed by atoms with van der Waals surface area (Å²) in [5.74, 6) is 0.878. The van der Waals surface area contributed by atoms with Crippen molar-refractivity contribution in [3.8, 4) is 11.5 Å². The molecule has 0 aliphatic rings. The average Bonchev–Trinajstić information content (AvgIpc) is 2.78. The van der Waals surface area contributed by atoms with Crippen molar-refractivity contribution in [3.05, 3.63) is 23.3 Å². The molecule has 2 rings (SSSR count). The molecule has 2 aromatic rings. The molecular formula is C11H15N5O. The molecule has 0 fully saturated rings. The minimum atomic E-state index is -0.266. The van der Waals surface area contributed by atoms with Gasteiger partial charge in [0.1, 0.15) is 0 Å². The molecule has 1 atom stereocenters. The van der Waals surface area contributed by atoms with E-state index in [-0.39, 0.29) is 6.04 Å². The number of aryl methyl sites for hydroxylation is 2. The van der Waals surface area contributed by atoms with Crippen molar-refractivity contribution in [2.24, 2.45) is 5.73 Å². The Labute approximate surface area is 99.3 Å². The van der Waals surface area contributed by atoms with Crippen molar-refractivity contribution in [3.63, 3.8) is 0 Å². The van der Waals surface area contributed by atoms with Gasteiger partial charge in [-0.05, 0) is 26.3 Å². The Bertz CT molecular complexity index is 520. The minimum Gasteiger partial charge on any atom is -0.419 e. The van der Waals surface area contributed by atoms with Crippen LogP contribution < -0.4 is 5.73 Å². The van der Waals surface area contributed by atoms with Gasteiger partial charge in [-0.15, -0.1) is 10.2 Å². The number of hydrogen-bond acceptors (Lipinski definition) is 6. The molecule has 6 heteroatoms. The van der Waals surface area contributed by atoms with Crippen LogP contribution in [0.3, 0.4) is 0 Å². The van der Waals surface area contributed by atoms with E-state index in [9.17, 15) is 0 Å². The Hall–Kier alpha value is -1.82. The molecule has 90 valence electrons. The van der Waals surface area contributed by atoms with E-state index in [1.807, 2.05) is 19.9 Å². The fourth-order valence-electron chi connectivity index (χ4n) is 1.49. The number of aromatic nitrogens is 4. The van der Waals surface area contributed by atoms with Crippen LogP contribution >= 0.6 is 0 Å². The Morgan fingerprint density at radius 3 is 2.65 bits per heavy atom. The molecule has 0 aromatic carbocycles. The fourth-order valence-corrected chi connectivity index (χ4v) is 1.49. The van der Waals surface area contributed by atoms with Gasteiger partial charge < -0.3 is 10.2 Å². The van der Waals surface area contributed by atoms with Crippen LogP contribution in [0.15, 0.2) is 10.5 Å². The number of nitrogens with zero attached hydrogens (tertiary/aromatic N) is 4. The van der Waals surface area contributed by atoms with Gasteiger partial charge >= 0.3 is 0 Å². The van der Waals surface area contributed by atoms with Gasteiger partial charge in [0.2, 0.25) is 11.8 Å². The van der Waals surface area contributed by atoms with Crippen LogP contribution in [0.4, 0.5) is 0 Å². The van der Waals surface area contributed by atoms with E-state index < -0.39 is 0 Å². The van der Waals surface area contributed by atoms with E-state index in [0.717, 1.165) is 23.4 Å². The van der Waals surface area contributed by atoms with Crippen LogP contribution in [0.1, 0.15) is 37.2 Å². The van der Waals surface area contributed by atoms with Crippen LogP contribution in [0.2, 0.25) is 0 Å². The molecule has 17 heavy (non-hydrogen) atoms. The van der Waals surface area contributed by atoms with Gasteiger partial charge in [-0.2, -0.15) is 10.2 Å². The van der Waals surface area contributed by atoms with Crippen molar-refractivity contribution in [2.75, 3.05) is 0 Å². The first-order valence-corrected chi connectivity index (χ1v) is 5.54. The third-order valence-corrected chi connectivity index (χ3v) is 2.39. The van der Waals surface area contributed by atoms with Crippen molar-refractivity contribution in [1.82, 2.24) is 20.4 Å². The first kappa shape index (κ1) is 11.7. The Kier molecular flexibility index (Phi) is 3.14. The summed E-state index contributed by atoms with van der Waals surface area (Å²) in [5, 5.41) is 16.0. The highest BCUT2D eigenvalue weighted by Gasteiger charge is 2.15. The van der Waals surface area contributed by atoms with Gasteiger partial charge in [-0.1, -0.05) is 6.92 Å². The zero-order chi connectivity index (χ0) is 12.4. The van der Waals surface area contributed by atoms with Crippen LogP contribution in [0, 0.1) is 6.92 Å². The van der Waals surface area contributed by atoms with Crippen molar-refractivity contribution in [1.29, 1.82) is 0 Å². The standard InChI is InChI=1S/C11H15N5O/c1-4-9-8(5-6(2)13-14-9)11-16-15-10(17-11)7(3)12/h5,7H,4,12H2,1-3H3. The zero-order valence-electron chi connectivity index (χ0n) is 10.1. The molecule has 2 aromatic heterocycles. The molecular weight excluding hydrogens is 218 g/mol. The van der Waals surface area contributed by atoms with E-state index in [1.54, 1.807) is 6.92 Å². The smallest absolute Gasteiger partial charge is 0.249 e. The quantitative estimate of drug-likeness (QED) is 0.862. The highest BCUT2D eigenvalue weighted by atomic mass is 16.4. The molecule has 2 heterocycles. The second-order valence-electron chi connectivity index (χ2n) is 3.93. The molecule has 0 aliphatic carbocycles. The lowest BCUT2D eigenvalue weighted by atomic mass is 10.1. The van der Waals surface area contributed by atoms with Gasteiger partial charge in [0.25, 0.3) is 0 Å². The number of nitrogens with two attached hydrogens (primary N) is 1. The Morgan fingerprint density at radius 1 is 1.29 bits per heavy atom. The third-order valence-electron chi connectivity index (χ3n) is 2.39.